The minimum atomic E-state index is -5.25. The molecule has 0 aromatic rings. The van der Waals surface area contributed by atoms with Crippen LogP contribution in [0.15, 0.2) is 0 Å². The first-order chi connectivity index (χ1) is 8.45. The van der Waals surface area contributed by atoms with Crippen LogP contribution in [0.2, 0.25) is 0 Å². The van der Waals surface area contributed by atoms with Crippen LogP contribution in [0, 0.1) is 0 Å². The first-order valence-corrected chi connectivity index (χ1v) is 9.09. The number of hydrogen-bond acceptors (Lipinski definition) is 3. The van der Waals surface area contributed by atoms with Crippen molar-refractivity contribution < 1.29 is 29.5 Å². The Labute approximate surface area is 111 Å². The minimum absolute atomic E-state index is 0.872. The molecule has 5 nitrogen and oxygen atoms in total. The molecule has 0 radical (unpaired) electrons. The predicted octanol–water partition coefficient (Wildman–Crippen LogP) is 1.89. The van der Waals surface area contributed by atoms with E-state index in [1.165, 1.54) is 64.2 Å². The molecule has 2 aliphatic rings. The van der Waals surface area contributed by atoms with Crippen molar-refractivity contribution in [3.05, 3.63) is 0 Å². The van der Waals surface area contributed by atoms with E-state index < -0.39 is 13.6 Å². The third-order valence-corrected chi connectivity index (χ3v) is 3.68. The van der Waals surface area contributed by atoms with Gasteiger partial charge in [0.25, 0.3) is 0 Å². The van der Waals surface area contributed by atoms with Crippen LogP contribution in [0.5, 0.6) is 0 Å². The Hall–Kier alpha value is 0.0125. The van der Waals surface area contributed by atoms with E-state index in [2.05, 4.69) is 5.32 Å². The van der Waals surface area contributed by atoms with Crippen LogP contribution in [0.25, 0.3) is 0 Å². The van der Waals surface area contributed by atoms with Gasteiger partial charge in [-0.05, 0) is 25.7 Å². The second kappa shape index (κ2) is 8.24. The molecule has 3 N–H and O–H groups in total. The Morgan fingerprint density at radius 3 is 1.28 bits per heavy atom. The van der Waals surface area contributed by atoms with Crippen molar-refractivity contribution in [2.45, 2.75) is 76.3 Å². The zero-order valence-corrected chi connectivity index (χ0v) is 12.1. The molecule has 0 bridgehead atoms. The quantitative estimate of drug-likeness (QED) is 0.725. The van der Waals surface area contributed by atoms with E-state index in [9.17, 15) is 0 Å². The van der Waals surface area contributed by atoms with Crippen LogP contribution in [-0.2, 0) is 21.2 Å². The summed E-state index contributed by atoms with van der Waals surface area (Å²) < 4.78 is 31.9. The van der Waals surface area contributed by atoms with Crippen molar-refractivity contribution in [1.82, 2.24) is 5.32 Å². The number of rotatable bonds is 2. The van der Waals surface area contributed by atoms with Crippen LogP contribution >= 0.6 is 0 Å². The van der Waals surface area contributed by atoms with E-state index in [4.69, 9.17) is 15.9 Å². The maximum absolute atomic E-state index is 8.82. The molecular weight excluding hydrogens is 274 g/mol. The summed E-state index contributed by atoms with van der Waals surface area (Å²) in [7, 11) is 0. The summed E-state index contributed by atoms with van der Waals surface area (Å²) in [5.41, 5.74) is 0. The second-order valence-corrected chi connectivity index (χ2v) is 6.68. The second-order valence-electron chi connectivity index (χ2n) is 5.28. The molecule has 0 heterocycles. The monoisotopic (exact) mass is 299 g/mol. The topological polar surface area (TPSA) is 86.6 Å². The summed E-state index contributed by atoms with van der Waals surface area (Å²) in [6.45, 7) is 0. The van der Waals surface area contributed by atoms with Gasteiger partial charge in [-0.1, -0.05) is 38.5 Å². The van der Waals surface area contributed by atoms with Crippen LogP contribution in [0.3, 0.4) is 0 Å². The van der Waals surface area contributed by atoms with Crippen molar-refractivity contribution in [2.24, 2.45) is 0 Å². The van der Waals surface area contributed by atoms with Gasteiger partial charge < -0.3 is 5.32 Å². The molecule has 0 spiro atoms. The molecule has 0 atom stereocenters. The number of hydrogen-bond donors (Lipinski definition) is 3. The van der Waals surface area contributed by atoms with Crippen LogP contribution in [-0.4, -0.2) is 20.4 Å². The first-order valence-electron chi connectivity index (χ1n) is 6.91. The predicted molar refractivity (Wildman–Crippen MR) is 62.7 cm³/mol. The number of nitrogens with one attached hydrogen (secondary N) is 1. The van der Waals surface area contributed by atoms with Gasteiger partial charge in [0.15, 0.2) is 0 Å². The molecule has 108 valence electrons. The van der Waals surface area contributed by atoms with Crippen molar-refractivity contribution >= 4 is 0 Å². The molecule has 6 heteroatoms. The Morgan fingerprint density at radius 1 is 0.722 bits per heavy atom. The fourth-order valence-electron chi connectivity index (χ4n) is 2.87. The van der Waals surface area contributed by atoms with E-state index in [-0.39, 0.29) is 0 Å². The average molecular weight is 299 g/mol. The average Bonchev–Trinajstić information content (AvgIpc) is 2.29. The van der Waals surface area contributed by atoms with Crippen LogP contribution in [0.1, 0.15) is 64.2 Å². The SMILES string of the molecule is C1CCC(NC2CCCCC2)CC1.[O]=[Cr](=[O])([OH])[OH]. The molecule has 0 saturated heterocycles. The van der Waals surface area contributed by atoms with Gasteiger partial charge in [-0.25, -0.2) is 0 Å². The van der Waals surface area contributed by atoms with Crippen molar-refractivity contribution in [3.8, 4) is 0 Å². The molecule has 2 fully saturated rings. The molecule has 0 unspecified atom stereocenters. The Balaban J connectivity index is 0.000000280. The normalized spacial score (nSPS) is 23.2. The van der Waals surface area contributed by atoms with Crippen molar-refractivity contribution in [1.29, 1.82) is 0 Å². The van der Waals surface area contributed by atoms with Gasteiger partial charge in [0.05, 0.1) is 0 Å². The maximum atomic E-state index is 8.82. The van der Waals surface area contributed by atoms with E-state index >= 15 is 0 Å². The van der Waals surface area contributed by atoms with Crippen LogP contribution in [0.4, 0.5) is 0 Å². The summed E-state index contributed by atoms with van der Waals surface area (Å²) in [4.78, 5) is 0. The third-order valence-electron chi connectivity index (χ3n) is 3.68. The van der Waals surface area contributed by atoms with Gasteiger partial charge >= 0.3 is 29.5 Å². The molecule has 0 aliphatic heterocycles. The summed E-state index contributed by atoms with van der Waals surface area (Å²) in [5.74, 6) is 0. The van der Waals surface area contributed by atoms with E-state index in [0.717, 1.165) is 12.1 Å². The van der Waals surface area contributed by atoms with Gasteiger partial charge in [-0.15, -0.1) is 0 Å². The zero-order chi connectivity index (χ0) is 13.4. The fourth-order valence-corrected chi connectivity index (χ4v) is 2.87. The van der Waals surface area contributed by atoms with Gasteiger partial charge in [-0.3, -0.25) is 0 Å². The van der Waals surface area contributed by atoms with Gasteiger partial charge in [0.2, 0.25) is 0 Å². The molecular formula is C12H25CrNO4. The van der Waals surface area contributed by atoms with Crippen molar-refractivity contribution in [3.63, 3.8) is 0 Å². The van der Waals surface area contributed by atoms with Crippen LogP contribution < -0.4 is 5.32 Å². The Morgan fingerprint density at radius 2 is 1.00 bits per heavy atom. The van der Waals surface area contributed by atoms with Crippen molar-refractivity contribution in [2.75, 3.05) is 0 Å². The Bertz CT molecular complexity index is 282. The fraction of sp³-hybridized carbons (Fsp3) is 1.00. The molecule has 2 aliphatic carbocycles. The van der Waals surface area contributed by atoms with Gasteiger partial charge in [0, 0.05) is 12.1 Å². The Kier molecular flexibility index (Phi) is 7.35. The molecule has 18 heavy (non-hydrogen) atoms. The molecule has 0 amide bonds. The molecule has 2 saturated carbocycles. The zero-order valence-electron chi connectivity index (χ0n) is 10.8. The first kappa shape index (κ1) is 16.1. The van der Waals surface area contributed by atoms with Gasteiger partial charge in [0.1, 0.15) is 0 Å². The summed E-state index contributed by atoms with van der Waals surface area (Å²) in [6.07, 6.45) is 14.6. The molecule has 0 aromatic heterocycles. The third kappa shape index (κ3) is 9.01. The summed E-state index contributed by atoms with van der Waals surface area (Å²) in [5, 5.41) is 3.86. The summed E-state index contributed by atoms with van der Waals surface area (Å²) in [6, 6.07) is 1.74. The van der Waals surface area contributed by atoms with E-state index in [0.29, 0.717) is 0 Å². The van der Waals surface area contributed by atoms with E-state index in [1.807, 2.05) is 0 Å². The van der Waals surface area contributed by atoms with Gasteiger partial charge in [-0.2, -0.15) is 0 Å². The standard InChI is InChI=1S/C12H23N.Cr.2H2O.2O/c1-3-7-11(8-4-1)13-12-9-5-2-6-10-12;;;;;/h11-13H,1-10H2;;2*1H2;;/q;+2;;;;/p-2. The summed E-state index contributed by atoms with van der Waals surface area (Å²) >= 11 is -5.25. The van der Waals surface area contributed by atoms with E-state index in [1.54, 1.807) is 0 Å². The molecule has 0 aromatic carbocycles. The molecule has 2 rings (SSSR count).